The molecule has 0 amide bonds. The largest absolute Gasteiger partial charge is 0.476 e. The van der Waals surface area contributed by atoms with Crippen molar-refractivity contribution in [3.8, 4) is 0 Å². The van der Waals surface area contributed by atoms with Gasteiger partial charge in [-0.15, -0.1) is 0 Å². The van der Waals surface area contributed by atoms with Gasteiger partial charge < -0.3 is 9.67 Å². The van der Waals surface area contributed by atoms with Crippen molar-refractivity contribution in [1.82, 2.24) is 9.55 Å². The van der Waals surface area contributed by atoms with Crippen LogP contribution >= 0.6 is 0 Å². The fourth-order valence-corrected chi connectivity index (χ4v) is 1.72. The van der Waals surface area contributed by atoms with Crippen LogP contribution in [0.5, 0.6) is 0 Å². The summed E-state index contributed by atoms with van der Waals surface area (Å²) < 4.78 is 1.34. The van der Waals surface area contributed by atoms with Gasteiger partial charge in [0.1, 0.15) is 0 Å². The zero-order chi connectivity index (χ0) is 15.6. The molecule has 0 aliphatic heterocycles. The minimum Gasteiger partial charge on any atom is -0.476 e. The third-order valence-corrected chi connectivity index (χ3v) is 2.68. The van der Waals surface area contributed by atoms with Crippen LogP contribution in [0, 0.1) is 20.2 Å². The molecule has 0 spiro atoms. The van der Waals surface area contributed by atoms with Gasteiger partial charge in [-0.05, 0) is 6.07 Å². The molecule has 1 aromatic heterocycles. The lowest BCUT2D eigenvalue weighted by Crippen LogP contribution is -2.03. The molecule has 2 rings (SSSR count). The first-order chi connectivity index (χ1) is 9.88. The molecule has 2 aromatic rings. The third kappa shape index (κ3) is 3.00. The summed E-state index contributed by atoms with van der Waals surface area (Å²) in [5.74, 6) is -1.22. The predicted molar refractivity (Wildman–Crippen MR) is 68.0 cm³/mol. The smallest absolute Gasteiger partial charge is 0.356 e. The van der Waals surface area contributed by atoms with Gasteiger partial charge >= 0.3 is 5.97 Å². The maximum Gasteiger partial charge on any atom is 0.356 e. The van der Waals surface area contributed by atoms with Gasteiger partial charge in [0, 0.05) is 12.3 Å². The fraction of sp³-hybridized carbons (Fsp3) is 0.0909. The first-order valence-corrected chi connectivity index (χ1v) is 5.55. The molecule has 0 radical (unpaired) electrons. The number of nitro groups is 2. The van der Waals surface area contributed by atoms with Crippen LogP contribution in [0.3, 0.4) is 0 Å². The van der Waals surface area contributed by atoms with Crippen LogP contribution < -0.4 is 0 Å². The summed E-state index contributed by atoms with van der Waals surface area (Å²) in [6.45, 7) is -0.0193. The predicted octanol–water partition coefficient (Wildman–Crippen LogP) is 1.45. The molecular formula is C11H8N4O6. The number of benzene rings is 1. The number of aromatic carboxylic acids is 1. The van der Waals surface area contributed by atoms with Gasteiger partial charge in [-0.1, -0.05) is 0 Å². The molecule has 0 aliphatic carbocycles. The van der Waals surface area contributed by atoms with Crippen LogP contribution in [-0.4, -0.2) is 30.5 Å². The Balaban J connectivity index is 2.36. The fourth-order valence-electron chi connectivity index (χ4n) is 1.72. The standard InChI is InChI=1S/C11H8N4O6/c16-11(17)9-5-13(6-12-9)4-7-1-2-8(14(18)19)3-10(7)15(20)21/h1-3,5-6H,4H2,(H,16,17). The first kappa shape index (κ1) is 14.1. The number of aromatic nitrogens is 2. The van der Waals surface area contributed by atoms with Crippen LogP contribution in [0.25, 0.3) is 0 Å². The second-order valence-corrected chi connectivity index (χ2v) is 4.06. The van der Waals surface area contributed by atoms with Gasteiger partial charge in [0.05, 0.1) is 34.3 Å². The molecule has 0 bridgehead atoms. The van der Waals surface area contributed by atoms with E-state index >= 15 is 0 Å². The lowest BCUT2D eigenvalue weighted by molar-refractivity contribution is -0.394. The summed E-state index contributed by atoms with van der Waals surface area (Å²) in [5.41, 5.74) is -0.781. The Hall–Kier alpha value is -3.30. The van der Waals surface area contributed by atoms with Crippen LogP contribution in [0.2, 0.25) is 0 Å². The number of hydrogen-bond acceptors (Lipinski definition) is 6. The molecule has 10 heteroatoms. The molecule has 1 N–H and O–H groups in total. The van der Waals surface area contributed by atoms with Crippen molar-refractivity contribution in [3.05, 3.63) is 62.2 Å². The number of imidazole rings is 1. The van der Waals surface area contributed by atoms with E-state index in [0.29, 0.717) is 0 Å². The number of carbonyl (C=O) groups is 1. The second kappa shape index (κ2) is 5.36. The Labute approximate surface area is 116 Å². The Bertz CT molecular complexity index is 738. The van der Waals surface area contributed by atoms with E-state index in [2.05, 4.69) is 4.98 Å². The molecule has 0 aliphatic rings. The number of hydrogen-bond donors (Lipinski definition) is 1. The van der Waals surface area contributed by atoms with Crippen LogP contribution in [0.4, 0.5) is 11.4 Å². The minimum absolute atomic E-state index is 0.0193. The van der Waals surface area contributed by atoms with Crippen molar-refractivity contribution >= 4 is 17.3 Å². The molecule has 0 fully saturated rings. The van der Waals surface area contributed by atoms with E-state index in [-0.39, 0.29) is 23.5 Å². The highest BCUT2D eigenvalue weighted by atomic mass is 16.6. The van der Waals surface area contributed by atoms with Gasteiger partial charge in [-0.25, -0.2) is 9.78 Å². The SMILES string of the molecule is O=C(O)c1cn(Cc2ccc([N+](=O)[O-])cc2[N+](=O)[O-])cn1. The highest BCUT2D eigenvalue weighted by Crippen LogP contribution is 2.25. The Kier molecular flexibility index (Phi) is 3.61. The number of nitro benzene ring substituents is 2. The van der Waals surface area contributed by atoms with E-state index in [1.165, 1.54) is 23.2 Å². The lowest BCUT2D eigenvalue weighted by atomic mass is 10.1. The summed E-state index contributed by atoms with van der Waals surface area (Å²) in [6, 6.07) is 3.28. The molecule has 0 saturated carbocycles. The van der Waals surface area contributed by atoms with Crippen molar-refractivity contribution in [3.63, 3.8) is 0 Å². The zero-order valence-corrected chi connectivity index (χ0v) is 10.4. The average molecular weight is 292 g/mol. The summed E-state index contributed by atoms with van der Waals surface area (Å²) in [6.07, 6.45) is 2.43. The van der Waals surface area contributed by atoms with Crippen molar-refractivity contribution in [1.29, 1.82) is 0 Å². The molecule has 21 heavy (non-hydrogen) atoms. The number of carboxylic acids is 1. The van der Waals surface area contributed by atoms with Gasteiger partial charge in [0.2, 0.25) is 0 Å². The normalized spacial score (nSPS) is 10.3. The molecule has 0 atom stereocenters. The lowest BCUT2D eigenvalue weighted by Gasteiger charge is -2.03. The summed E-state index contributed by atoms with van der Waals surface area (Å²) in [4.78, 5) is 34.5. The van der Waals surface area contributed by atoms with Crippen LogP contribution in [0.15, 0.2) is 30.7 Å². The summed E-state index contributed by atoms with van der Waals surface area (Å²) in [7, 11) is 0. The van der Waals surface area contributed by atoms with Gasteiger partial charge in [-0.2, -0.15) is 0 Å². The monoisotopic (exact) mass is 292 g/mol. The minimum atomic E-state index is -1.22. The number of rotatable bonds is 5. The number of nitrogens with zero attached hydrogens (tertiary/aromatic N) is 4. The molecule has 1 heterocycles. The Morgan fingerprint density at radius 2 is 2.00 bits per heavy atom. The molecule has 1 aromatic carbocycles. The molecule has 0 saturated heterocycles. The summed E-state index contributed by atoms with van der Waals surface area (Å²) >= 11 is 0. The number of carboxylic acid groups (broad SMARTS) is 1. The highest BCUT2D eigenvalue weighted by molar-refractivity contribution is 5.84. The maximum atomic E-state index is 11.0. The maximum absolute atomic E-state index is 11.0. The topological polar surface area (TPSA) is 141 Å². The molecule has 10 nitrogen and oxygen atoms in total. The van der Waals surface area contributed by atoms with E-state index in [9.17, 15) is 25.0 Å². The van der Waals surface area contributed by atoms with E-state index in [1.807, 2.05) is 0 Å². The number of non-ortho nitro benzene ring substituents is 1. The van der Waals surface area contributed by atoms with Crippen molar-refractivity contribution < 1.29 is 19.7 Å². The quantitative estimate of drug-likeness (QED) is 0.649. The Morgan fingerprint density at radius 3 is 2.52 bits per heavy atom. The third-order valence-electron chi connectivity index (χ3n) is 2.68. The highest BCUT2D eigenvalue weighted by Gasteiger charge is 2.19. The first-order valence-electron chi connectivity index (χ1n) is 5.55. The van der Waals surface area contributed by atoms with Crippen molar-refractivity contribution in [2.45, 2.75) is 6.54 Å². The van der Waals surface area contributed by atoms with Crippen LogP contribution in [-0.2, 0) is 6.54 Å². The van der Waals surface area contributed by atoms with Crippen LogP contribution in [0.1, 0.15) is 16.1 Å². The van der Waals surface area contributed by atoms with E-state index in [1.54, 1.807) is 0 Å². The molecule has 108 valence electrons. The molecule has 0 unspecified atom stereocenters. The Morgan fingerprint density at radius 1 is 1.29 bits per heavy atom. The van der Waals surface area contributed by atoms with E-state index in [0.717, 1.165) is 12.1 Å². The molecular weight excluding hydrogens is 284 g/mol. The van der Waals surface area contributed by atoms with E-state index < -0.39 is 21.5 Å². The van der Waals surface area contributed by atoms with Gasteiger partial charge in [0.25, 0.3) is 11.4 Å². The zero-order valence-electron chi connectivity index (χ0n) is 10.4. The van der Waals surface area contributed by atoms with Gasteiger partial charge in [0.15, 0.2) is 5.69 Å². The van der Waals surface area contributed by atoms with Gasteiger partial charge in [-0.3, -0.25) is 20.2 Å². The van der Waals surface area contributed by atoms with Crippen molar-refractivity contribution in [2.75, 3.05) is 0 Å². The average Bonchev–Trinajstić information content (AvgIpc) is 2.87. The second-order valence-electron chi connectivity index (χ2n) is 4.06. The van der Waals surface area contributed by atoms with E-state index in [4.69, 9.17) is 5.11 Å². The summed E-state index contributed by atoms with van der Waals surface area (Å²) in [5, 5.41) is 30.3. The van der Waals surface area contributed by atoms with Crippen molar-refractivity contribution in [2.24, 2.45) is 0 Å².